The Morgan fingerprint density at radius 3 is 1.41 bits per heavy atom. The molecule has 0 fully saturated rings. The minimum Gasteiger partial charge on any atom is -0.478 e. The molecule has 158 valence electrons. The molecule has 0 aliphatic heterocycles. The third kappa shape index (κ3) is 14.7. The molecule has 2 radical (unpaired) electrons. The van der Waals surface area contributed by atoms with E-state index in [9.17, 15) is 18.4 Å². The quantitative estimate of drug-likeness (QED) is 0.327. The van der Waals surface area contributed by atoms with Crippen molar-refractivity contribution in [1.29, 1.82) is 0 Å². The summed E-state index contributed by atoms with van der Waals surface area (Å²) in [6.07, 6.45) is 5.84. The van der Waals surface area contributed by atoms with Crippen LogP contribution in [0.1, 0.15) is 60.2 Å². The van der Waals surface area contributed by atoms with E-state index in [4.69, 9.17) is 10.2 Å². The maximum atomic E-state index is 12.3. The van der Waals surface area contributed by atoms with Crippen LogP contribution in [0.5, 0.6) is 0 Å². The first-order valence-electron chi connectivity index (χ1n) is 9.50. The molecule has 0 unspecified atom stereocenters. The summed E-state index contributed by atoms with van der Waals surface area (Å²) < 4.78 is 27.8. The number of aromatic carboxylic acids is 2. The van der Waals surface area contributed by atoms with Gasteiger partial charge in [0.05, 0.1) is 11.1 Å². The van der Waals surface area contributed by atoms with Crippen molar-refractivity contribution >= 4 is 33.1 Å². The van der Waals surface area contributed by atoms with E-state index in [1.54, 1.807) is 8.87 Å². The Morgan fingerprint density at radius 2 is 1.17 bits per heavy atom. The molecule has 2 rings (SSSR count). The number of carboxylic acid groups (broad SMARTS) is 2. The molecular weight excluding hydrogens is 485 g/mol. The molecule has 29 heavy (non-hydrogen) atoms. The van der Waals surface area contributed by atoms with E-state index in [1.165, 1.54) is 62.1 Å². The number of carbonyl (C=O) groups is 2. The van der Waals surface area contributed by atoms with Gasteiger partial charge in [-0.1, -0.05) is 12.1 Å². The molecule has 4 nitrogen and oxygen atoms in total. The zero-order valence-corrected chi connectivity index (χ0v) is 19.7. The molecule has 7 heteroatoms. The Bertz CT molecular complexity index is 677. The van der Waals surface area contributed by atoms with Gasteiger partial charge in [-0.25, -0.2) is 18.4 Å². The number of hydrogen-bond donors (Lipinski definition) is 2. The summed E-state index contributed by atoms with van der Waals surface area (Å²) >= 11 is 0.149. The Hall–Kier alpha value is -1.96. The molecule has 0 aliphatic carbocycles. The Morgan fingerprint density at radius 1 is 0.793 bits per heavy atom. The summed E-state index contributed by atoms with van der Waals surface area (Å²) in [7, 11) is 0. The fourth-order valence-corrected chi connectivity index (χ4v) is 6.13. The predicted molar refractivity (Wildman–Crippen MR) is 112 cm³/mol. The standard InChI is InChI=1S/2C7H5FO2.2C4H9.Sn/c2*8-6-3-1-2-5(4-6)7(9)10;2*1-3-4-2;/h2*1-4H,(H,9,10);2*1,3-4H2,2H3;. The molecule has 0 saturated carbocycles. The van der Waals surface area contributed by atoms with Crippen LogP contribution in [0, 0.1) is 11.6 Å². The van der Waals surface area contributed by atoms with Crippen LogP contribution >= 0.6 is 0 Å². The van der Waals surface area contributed by atoms with Gasteiger partial charge in [-0.15, -0.1) is 0 Å². The van der Waals surface area contributed by atoms with Gasteiger partial charge in [0.1, 0.15) is 11.6 Å². The SMILES string of the molecule is CCC[CH2][Sn][CH2]CCC.O=C(O)c1cccc(F)c1.O=C(O)c1cccc(F)c1. The van der Waals surface area contributed by atoms with E-state index in [2.05, 4.69) is 13.8 Å². The Kier molecular flexibility index (Phi) is 15.8. The fourth-order valence-electron chi connectivity index (χ4n) is 1.97. The minimum atomic E-state index is -1.11. The molecule has 0 aliphatic rings. The van der Waals surface area contributed by atoms with Gasteiger partial charge in [0.2, 0.25) is 0 Å². The fraction of sp³-hybridized carbons (Fsp3) is 0.364. The van der Waals surface area contributed by atoms with Crippen LogP contribution in [0.4, 0.5) is 8.78 Å². The zero-order valence-electron chi connectivity index (χ0n) is 16.8. The van der Waals surface area contributed by atoms with Crippen molar-refractivity contribution in [1.82, 2.24) is 0 Å². The van der Waals surface area contributed by atoms with E-state index in [0.29, 0.717) is 0 Å². The van der Waals surface area contributed by atoms with Crippen LogP contribution in [0.15, 0.2) is 48.5 Å². The van der Waals surface area contributed by atoms with Crippen LogP contribution in [-0.4, -0.2) is 43.3 Å². The molecular formula is C22H28F2O4Sn. The van der Waals surface area contributed by atoms with Gasteiger partial charge in [-0.05, 0) is 36.4 Å². The topological polar surface area (TPSA) is 74.6 Å². The number of hydrogen-bond acceptors (Lipinski definition) is 2. The molecule has 0 aromatic heterocycles. The molecule has 2 N–H and O–H groups in total. The normalized spacial score (nSPS) is 9.52. The minimum absolute atomic E-state index is 0.0278. The van der Waals surface area contributed by atoms with Crippen LogP contribution in [0.2, 0.25) is 8.87 Å². The number of unbranched alkanes of at least 4 members (excludes halogenated alkanes) is 2. The van der Waals surface area contributed by atoms with Gasteiger partial charge < -0.3 is 10.2 Å². The van der Waals surface area contributed by atoms with Crippen LogP contribution in [0.25, 0.3) is 0 Å². The second kappa shape index (κ2) is 16.9. The summed E-state index contributed by atoms with van der Waals surface area (Å²) in [6.45, 7) is 4.58. The molecule has 0 atom stereocenters. The third-order valence-corrected chi connectivity index (χ3v) is 7.59. The largest absolute Gasteiger partial charge is 0.478 e. The van der Waals surface area contributed by atoms with Crippen molar-refractivity contribution in [3.8, 4) is 0 Å². The van der Waals surface area contributed by atoms with Crippen LogP contribution in [0.3, 0.4) is 0 Å². The molecule has 0 spiro atoms. The predicted octanol–water partition coefficient (Wildman–Crippen LogP) is 6.18. The van der Waals surface area contributed by atoms with E-state index < -0.39 is 23.6 Å². The maximum Gasteiger partial charge on any atom is 0.335 e. The van der Waals surface area contributed by atoms with Crippen molar-refractivity contribution in [2.24, 2.45) is 0 Å². The summed E-state index contributed by atoms with van der Waals surface area (Å²) in [4.78, 5) is 20.4. The van der Waals surface area contributed by atoms with Gasteiger partial charge >= 0.3 is 81.5 Å². The summed E-state index contributed by atoms with van der Waals surface area (Å²) in [5, 5.41) is 16.7. The van der Waals surface area contributed by atoms with E-state index >= 15 is 0 Å². The molecule has 0 heterocycles. The smallest absolute Gasteiger partial charge is 0.335 e. The molecule has 0 bridgehead atoms. The summed E-state index contributed by atoms with van der Waals surface area (Å²) in [5.41, 5.74) is -0.0556. The first-order valence-corrected chi connectivity index (χ1v) is 13.5. The number of carboxylic acids is 2. The third-order valence-electron chi connectivity index (χ3n) is 3.56. The zero-order chi connectivity index (χ0) is 22.1. The van der Waals surface area contributed by atoms with Gasteiger partial charge in [0.15, 0.2) is 0 Å². The number of rotatable bonds is 8. The molecule has 2 aromatic carbocycles. The van der Waals surface area contributed by atoms with E-state index in [0.717, 1.165) is 12.1 Å². The first kappa shape index (κ1) is 27.0. The van der Waals surface area contributed by atoms with Crippen molar-refractivity contribution in [3.63, 3.8) is 0 Å². The second-order valence-electron chi connectivity index (χ2n) is 6.09. The van der Waals surface area contributed by atoms with Crippen molar-refractivity contribution < 1.29 is 28.6 Å². The average molecular weight is 513 g/mol. The summed E-state index contributed by atoms with van der Waals surface area (Å²) in [5.74, 6) is -3.28. The van der Waals surface area contributed by atoms with Crippen LogP contribution in [-0.2, 0) is 0 Å². The van der Waals surface area contributed by atoms with Gasteiger partial charge in [-0.2, -0.15) is 0 Å². The molecule has 2 aromatic rings. The van der Waals surface area contributed by atoms with Gasteiger partial charge in [0.25, 0.3) is 0 Å². The number of halogens is 2. The molecule has 0 amide bonds. The monoisotopic (exact) mass is 514 g/mol. The van der Waals surface area contributed by atoms with Crippen molar-refractivity contribution in [3.05, 3.63) is 71.3 Å². The van der Waals surface area contributed by atoms with E-state index in [1.807, 2.05) is 0 Å². The number of benzene rings is 2. The maximum absolute atomic E-state index is 12.3. The van der Waals surface area contributed by atoms with Gasteiger partial charge in [0, 0.05) is 0 Å². The van der Waals surface area contributed by atoms with Crippen molar-refractivity contribution in [2.75, 3.05) is 0 Å². The van der Waals surface area contributed by atoms with Gasteiger partial charge in [-0.3, -0.25) is 0 Å². The van der Waals surface area contributed by atoms with Crippen molar-refractivity contribution in [2.45, 2.75) is 48.4 Å². The Balaban J connectivity index is 0.000000407. The van der Waals surface area contributed by atoms with E-state index in [-0.39, 0.29) is 32.3 Å². The molecule has 0 saturated heterocycles. The average Bonchev–Trinajstić information content (AvgIpc) is 2.69. The Labute approximate surface area is 181 Å². The van der Waals surface area contributed by atoms with Crippen LogP contribution < -0.4 is 0 Å². The summed E-state index contributed by atoms with van der Waals surface area (Å²) in [6, 6.07) is 9.75. The first-order chi connectivity index (χ1) is 13.8. The second-order valence-corrected chi connectivity index (χ2v) is 10.4.